The van der Waals surface area contributed by atoms with E-state index in [9.17, 15) is 18.0 Å². The molecule has 40 heavy (non-hydrogen) atoms. The summed E-state index contributed by atoms with van der Waals surface area (Å²) in [5.41, 5.74) is 4.70. The molecule has 212 valence electrons. The van der Waals surface area contributed by atoms with Gasteiger partial charge < -0.3 is 25.2 Å². The third kappa shape index (κ3) is 6.36. The molecule has 2 N–H and O–H groups in total. The molecule has 0 aliphatic carbocycles. The molecular formula is C31H35F3N4O2. The molecule has 5 rings (SSSR count). The maximum Gasteiger partial charge on any atom is 0.573 e. The highest BCUT2D eigenvalue weighted by molar-refractivity contribution is 6.02. The average molecular weight is 553 g/mol. The summed E-state index contributed by atoms with van der Waals surface area (Å²) in [6.45, 7) is 10.8. The highest BCUT2D eigenvalue weighted by atomic mass is 19.4. The maximum atomic E-state index is 12.9. The summed E-state index contributed by atoms with van der Waals surface area (Å²) in [5.74, 6) is -0.352. The Hall–Kier alpha value is -3.72. The summed E-state index contributed by atoms with van der Waals surface area (Å²) in [4.78, 5) is 17.8. The number of hydrogen-bond donors (Lipinski definition) is 2. The van der Waals surface area contributed by atoms with E-state index >= 15 is 0 Å². The van der Waals surface area contributed by atoms with Crippen LogP contribution in [0.4, 0.5) is 40.7 Å². The number of likely N-dealkylation sites (tertiary alicyclic amines) is 1. The van der Waals surface area contributed by atoms with E-state index < -0.39 is 12.4 Å². The maximum absolute atomic E-state index is 12.9. The van der Waals surface area contributed by atoms with Crippen molar-refractivity contribution in [2.24, 2.45) is 5.41 Å². The lowest BCUT2D eigenvalue weighted by Gasteiger charge is -2.42. The summed E-state index contributed by atoms with van der Waals surface area (Å²) in [6.07, 6.45) is -2.63. The number of carbonyl (C=O) groups excluding carboxylic acids is 1. The fourth-order valence-electron chi connectivity index (χ4n) is 5.92. The first-order valence-corrected chi connectivity index (χ1v) is 13.5. The number of benzene rings is 3. The summed E-state index contributed by atoms with van der Waals surface area (Å²) in [6, 6.07) is 20.8. The number of rotatable bonds is 5. The summed E-state index contributed by atoms with van der Waals surface area (Å²) in [5, 5.41) is 5.62. The Labute approximate surface area is 233 Å². The van der Waals surface area contributed by atoms with E-state index in [1.807, 2.05) is 24.3 Å². The van der Waals surface area contributed by atoms with Crippen molar-refractivity contribution in [1.29, 1.82) is 0 Å². The van der Waals surface area contributed by atoms with Crippen molar-refractivity contribution < 1.29 is 22.7 Å². The zero-order valence-electron chi connectivity index (χ0n) is 23.0. The third-order valence-electron chi connectivity index (χ3n) is 7.53. The van der Waals surface area contributed by atoms with Crippen molar-refractivity contribution in [2.45, 2.75) is 45.4 Å². The zero-order valence-corrected chi connectivity index (χ0v) is 23.0. The second-order valence-corrected chi connectivity index (χ2v) is 11.9. The van der Waals surface area contributed by atoms with Crippen LogP contribution in [0.25, 0.3) is 0 Å². The van der Waals surface area contributed by atoms with Crippen molar-refractivity contribution in [2.75, 3.05) is 41.7 Å². The van der Waals surface area contributed by atoms with E-state index in [-0.39, 0.29) is 16.6 Å². The van der Waals surface area contributed by atoms with Crippen molar-refractivity contribution in [3.05, 3.63) is 78.4 Å². The van der Waals surface area contributed by atoms with Gasteiger partial charge in [0.2, 0.25) is 0 Å². The van der Waals surface area contributed by atoms with Gasteiger partial charge in [-0.3, -0.25) is 0 Å². The number of alkyl halides is 3. The van der Waals surface area contributed by atoms with Gasteiger partial charge in [0, 0.05) is 29.9 Å². The number of urea groups is 1. The molecule has 0 atom stereocenters. The van der Waals surface area contributed by atoms with Crippen LogP contribution in [0.3, 0.4) is 0 Å². The molecule has 6 nitrogen and oxygen atoms in total. The number of fused-ring (bicyclic) bond motifs is 2. The fourth-order valence-corrected chi connectivity index (χ4v) is 5.92. The molecule has 0 aromatic heterocycles. The van der Waals surface area contributed by atoms with Crippen LogP contribution >= 0.6 is 0 Å². The number of amides is 2. The number of nitrogens with zero attached hydrogens (tertiary/aromatic N) is 2. The number of nitrogens with one attached hydrogen (secondary N) is 2. The van der Waals surface area contributed by atoms with Gasteiger partial charge in [-0.25, -0.2) is 4.79 Å². The monoisotopic (exact) mass is 552 g/mol. The Kier molecular flexibility index (Phi) is 7.44. The van der Waals surface area contributed by atoms with E-state index in [2.05, 4.69) is 70.2 Å². The van der Waals surface area contributed by atoms with Crippen LogP contribution in [-0.2, 0) is 5.41 Å². The predicted octanol–water partition coefficient (Wildman–Crippen LogP) is 7.76. The first-order valence-electron chi connectivity index (χ1n) is 13.5. The lowest BCUT2D eigenvalue weighted by atomic mass is 9.74. The van der Waals surface area contributed by atoms with Gasteiger partial charge in [-0.1, -0.05) is 51.1 Å². The Bertz CT molecular complexity index is 1340. The van der Waals surface area contributed by atoms with Gasteiger partial charge in [0.1, 0.15) is 5.75 Å². The number of hydrogen-bond acceptors (Lipinski definition) is 4. The molecule has 1 spiro atoms. The van der Waals surface area contributed by atoms with Crippen molar-refractivity contribution in [1.82, 2.24) is 4.90 Å². The number of ether oxygens (including phenoxy) is 1. The van der Waals surface area contributed by atoms with Gasteiger partial charge >= 0.3 is 12.4 Å². The van der Waals surface area contributed by atoms with Crippen LogP contribution in [-0.4, -0.2) is 43.5 Å². The number of anilines is 4. The predicted molar refractivity (Wildman–Crippen MR) is 152 cm³/mol. The molecule has 3 aromatic carbocycles. The molecule has 2 aliphatic rings. The Morgan fingerprint density at radius 3 is 2.15 bits per heavy atom. The number of para-hydroxylation sites is 3. The molecule has 2 amide bonds. The Balaban J connectivity index is 1.32. The summed E-state index contributed by atoms with van der Waals surface area (Å²) in [7, 11) is 0. The molecule has 3 aromatic rings. The van der Waals surface area contributed by atoms with Gasteiger partial charge in [-0.05, 0) is 79.4 Å². The van der Waals surface area contributed by atoms with Crippen LogP contribution in [0.15, 0.2) is 72.8 Å². The minimum atomic E-state index is -4.77. The number of halogens is 3. The van der Waals surface area contributed by atoms with E-state index in [0.29, 0.717) is 11.4 Å². The third-order valence-corrected chi connectivity index (χ3v) is 7.53. The van der Waals surface area contributed by atoms with Crippen molar-refractivity contribution in [3.63, 3.8) is 0 Å². The van der Waals surface area contributed by atoms with Gasteiger partial charge in [-0.2, -0.15) is 0 Å². The van der Waals surface area contributed by atoms with E-state index in [0.717, 1.165) is 62.5 Å². The summed E-state index contributed by atoms with van der Waals surface area (Å²) >= 11 is 0. The minimum absolute atomic E-state index is 0.0422. The topological polar surface area (TPSA) is 56.8 Å². The second kappa shape index (κ2) is 10.7. The van der Waals surface area contributed by atoms with Crippen LogP contribution in [0.2, 0.25) is 0 Å². The van der Waals surface area contributed by atoms with E-state index in [4.69, 9.17) is 0 Å². The van der Waals surface area contributed by atoms with Crippen LogP contribution in [0.1, 0.15) is 39.2 Å². The lowest BCUT2D eigenvalue weighted by Crippen LogP contribution is -2.46. The molecular weight excluding hydrogens is 517 g/mol. The van der Waals surface area contributed by atoms with Gasteiger partial charge in [0.05, 0.1) is 11.4 Å². The Morgan fingerprint density at radius 1 is 0.875 bits per heavy atom. The average Bonchev–Trinajstić information content (AvgIpc) is 3.19. The van der Waals surface area contributed by atoms with Crippen molar-refractivity contribution >= 4 is 28.8 Å². The van der Waals surface area contributed by atoms with Gasteiger partial charge in [-0.15, -0.1) is 13.2 Å². The summed E-state index contributed by atoms with van der Waals surface area (Å²) < 4.78 is 41.2. The SMILES string of the molecule is CC(C)(C)CN1CCC2(CC1)CN(c1ccccc1NC(=O)Nc1ccc(OC(F)(F)F)cc1)c1ccccc12. The molecule has 1 fully saturated rings. The molecule has 1 saturated heterocycles. The van der Waals surface area contributed by atoms with Gasteiger partial charge in [0.25, 0.3) is 0 Å². The van der Waals surface area contributed by atoms with Crippen LogP contribution in [0, 0.1) is 5.41 Å². The first-order chi connectivity index (χ1) is 18.9. The molecule has 0 radical (unpaired) electrons. The van der Waals surface area contributed by atoms with Crippen LogP contribution < -0.4 is 20.3 Å². The molecule has 0 unspecified atom stereocenters. The molecule has 9 heteroatoms. The van der Waals surface area contributed by atoms with E-state index in [1.54, 1.807) is 0 Å². The highest BCUT2D eigenvalue weighted by Gasteiger charge is 2.45. The highest BCUT2D eigenvalue weighted by Crippen LogP contribution is 2.50. The standard InChI is InChI=1S/C31H35F3N4O2/c1-29(2,3)20-37-18-16-30(17-19-37)21-38(26-10-6-4-8-24(26)30)27-11-7-5-9-25(27)36-28(39)35-22-12-14-23(15-13-22)40-31(32,33)34/h4-15H,16-21H2,1-3H3,(H2,35,36,39). The largest absolute Gasteiger partial charge is 0.573 e. The lowest BCUT2D eigenvalue weighted by molar-refractivity contribution is -0.274. The smallest absolute Gasteiger partial charge is 0.406 e. The normalized spacial score (nSPS) is 17.0. The van der Waals surface area contributed by atoms with Crippen molar-refractivity contribution in [3.8, 4) is 5.75 Å². The molecule has 2 aliphatic heterocycles. The van der Waals surface area contributed by atoms with E-state index in [1.165, 1.54) is 17.7 Å². The minimum Gasteiger partial charge on any atom is -0.406 e. The number of piperidine rings is 1. The fraction of sp³-hybridized carbons (Fsp3) is 0.387. The first kappa shape index (κ1) is 27.8. The Morgan fingerprint density at radius 2 is 1.50 bits per heavy atom. The van der Waals surface area contributed by atoms with Gasteiger partial charge in [0.15, 0.2) is 0 Å². The molecule has 0 saturated carbocycles. The number of carbonyl (C=O) groups is 1. The molecule has 2 heterocycles. The quantitative estimate of drug-likeness (QED) is 0.340. The second-order valence-electron chi connectivity index (χ2n) is 11.9. The molecule has 0 bridgehead atoms. The van der Waals surface area contributed by atoms with Crippen LogP contribution in [0.5, 0.6) is 5.75 Å². The zero-order chi connectivity index (χ0) is 28.5.